The Morgan fingerprint density at radius 3 is 2.39 bits per heavy atom. The molecule has 0 unspecified atom stereocenters. The Bertz CT molecular complexity index is 825. The van der Waals surface area contributed by atoms with Crippen molar-refractivity contribution in [3.05, 3.63) is 47.2 Å². The molecule has 1 aliphatic heterocycles. The number of alkyl halides is 3. The van der Waals surface area contributed by atoms with E-state index in [4.69, 9.17) is 0 Å². The van der Waals surface area contributed by atoms with E-state index < -0.39 is 18.3 Å². The normalized spacial score (nSPS) is 19.1. The largest absolute Gasteiger partial charge is 0.410 e. The van der Waals surface area contributed by atoms with E-state index in [2.05, 4.69) is 10.4 Å². The average molecular weight is 394 g/mol. The van der Waals surface area contributed by atoms with Crippen molar-refractivity contribution in [1.29, 1.82) is 0 Å². The highest BCUT2D eigenvalue weighted by Gasteiger charge is 2.47. The number of benzene rings is 1. The molecule has 0 saturated carbocycles. The van der Waals surface area contributed by atoms with E-state index in [-0.39, 0.29) is 23.7 Å². The number of nitrogens with zero attached hydrogens (tertiary/aromatic N) is 3. The third kappa shape index (κ3) is 3.72. The molecule has 1 aromatic carbocycles. The summed E-state index contributed by atoms with van der Waals surface area (Å²) >= 11 is 0. The van der Waals surface area contributed by atoms with Crippen molar-refractivity contribution in [3.8, 4) is 0 Å². The lowest BCUT2D eigenvalue weighted by Crippen LogP contribution is -2.37. The molecule has 28 heavy (non-hydrogen) atoms. The van der Waals surface area contributed by atoms with Crippen LogP contribution in [0.15, 0.2) is 30.5 Å². The summed E-state index contributed by atoms with van der Waals surface area (Å²) in [6, 6.07) is 5.22. The van der Waals surface area contributed by atoms with Gasteiger partial charge in [0, 0.05) is 19.5 Å². The predicted molar refractivity (Wildman–Crippen MR) is 101 cm³/mol. The van der Waals surface area contributed by atoms with E-state index in [1.165, 1.54) is 6.20 Å². The highest BCUT2D eigenvalue weighted by atomic mass is 19.4. The number of fused-ring (bicyclic) bond motifs is 1. The Kier molecular flexibility index (Phi) is 5.67. The summed E-state index contributed by atoms with van der Waals surface area (Å²) in [4.78, 5) is 14.3. The fraction of sp³-hybridized carbons (Fsp3) is 0.500. The Hall–Kier alpha value is -2.51. The van der Waals surface area contributed by atoms with Crippen molar-refractivity contribution in [3.63, 3.8) is 0 Å². The number of hydrogen-bond acceptors (Lipinski definition) is 3. The first kappa shape index (κ1) is 20.2. The van der Waals surface area contributed by atoms with Gasteiger partial charge >= 0.3 is 6.18 Å². The molecule has 1 aromatic heterocycles. The van der Waals surface area contributed by atoms with E-state index >= 15 is 0 Å². The topological polar surface area (TPSA) is 50.2 Å². The van der Waals surface area contributed by atoms with Gasteiger partial charge in [0.15, 0.2) is 6.04 Å². The van der Waals surface area contributed by atoms with Crippen LogP contribution in [0.5, 0.6) is 0 Å². The molecule has 0 fully saturated rings. The number of rotatable bonds is 5. The quantitative estimate of drug-likeness (QED) is 0.807. The number of hydrogen-bond donors (Lipinski definition) is 1. The Morgan fingerprint density at radius 1 is 1.21 bits per heavy atom. The summed E-state index contributed by atoms with van der Waals surface area (Å²) in [5, 5.41) is 7.06. The van der Waals surface area contributed by atoms with Crippen molar-refractivity contribution in [2.24, 2.45) is 0 Å². The zero-order chi connectivity index (χ0) is 20.5. The number of halogens is 3. The molecular formula is C20H25F3N4O. The Morgan fingerprint density at radius 2 is 1.86 bits per heavy atom. The summed E-state index contributed by atoms with van der Waals surface area (Å²) in [5.41, 5.74) is 2.06. The number of carbonyl (C=O) groups is 1. The molecule has 5 nitrogen and oxygen atoms in total. The van der Waals surface area contributed by atoms with Crippen LogP contribution in [0.1, 0.15) is 60.8 Å². The second-order valence-electron chi connectivity index (χ2n) is 6.91. The number of nitrogens with one attached hydrogen (secondary N) is 1. The number of carbonyl (C=O) groups excluding carboxylic acids is 1. The molecular weight excluding hydrogens is 369 g/mol. The van der Waals surface area contributed by atoms with Crippen LogP contribution in [0, 0.1) is 0 Å². The van der Waals surface area contributed by atoms with Gasteiger partial charge in [-0.05, 0) is 31.4 Å². The smallest absolute Gasteiger partial charge is 0.363 e. The highest BCUT2D eigenvalue weighted by molar-refractivity contribution is 5.98. The first-order chi connectivity index (χ1) is 13.3. The molecule has 2 atom stereocenters. The fourth-order valence-corrected chi connectivity index (χ4v) is 3.60. The lowest BCUT2D eigenvalue weighted by molar-refractivity contribution is -0.173. The minimum atomic E-state index is -4.46. The van der Waals surface area contributed by atoms with Crippen molar-refractivity contribution in [2.45, 2.75) is 51.9 Å². The van der Waals surface area contributed by atoms with Gasteiger partial charge in [0.05, 0.1) is 12.2 Å². The molecule has 152 valence electrons. The van der Waals surface area contributed by atoms with E-state index in [0.29, 0.717) is 13.1 Å². The average Bonchev–Trinajstić information content (AvgIpc) is 3.11. The van der Waals surface area contributed by atoms with Gasteiger partial charge in [-0.1, -0.05) is 31.2 Å². The third-order valence-electron chi connectivity index (χ3n) is 5.31. The first-order valence-electron chi connectivity index (χ1n) is 9.58. The maximum atomic E-state index is 13.7. The summed E-state index contributed by atoms with van der Waals surface area (Å²) in [6.07, 6.45) is -2.54. The van der Waals surface area contributed by atoms with Gasteiger partial charge in [-0.15, -0.1) is 0 Å². The summed E-state index contributed by atoms with van der Waals surface area (Å²) in [6.45, 7) is 6.65. The molecule has 2 aromatic rings. The third-order valence-corrected chi connectivity index (χ3v) is 5.31. The van der Waals surface area contributed by atoms with Crippen LogP contribution in [-0.4, -0.2) is 39.9 Å². The van der Waals surface area contributed by atoms with Crippen LogP contribution >= 0.6 is 0 Å². The molecule has 3 rings (SSSR count). The van der Waals surface area contributed by atoms with E-state index in [9.17, 15) is 18.0 Å². The zero-order valence-electron chi connectivity index (χ0n) is 16.3. The number of aromatic nitrogens is 2. The zero-order valence-corrected chi connectivity index (χ0v) is 16.3. The fourth-order valence-electron chi connectivity index (χ4n) is 3.60. The van der Waals surface area contributed by atoms with Crippen LogP contribution < -0.4 is 5.32 Å². The minimum Gasteiger partial charge on any atom is -0.363 e. The van der Waals surface area contributed by atoms with Crippen molar-refractivity contribution in [2.75, 3.05) is 18.4 Å². The van der Waals surface area contributed by atoms with Crippen molar-refractivity contribution < 1.29 is 18.0 Å². The van der Waals surface area contributed by atoms with Crippen LogP contribution in [0.25, 0.3) is 0 Å². The van der Waals surface area contributed by atoms with Gasteiger partial charge in [-0.3, -0.25) is 4.79 Å². The Labute approximate surface area is 162 Å². The van der Waals surface area contributed by atoms with Gasteiger partial charge in [-0.25, -0.2) is 4.68 Å². The molecule has 1 N–H and O–H groups in total. The summed E-state index contributed by atoms with van der Waals surface area (Å²) < 4.78 is 42.1. The molecule has 0 radical (unpaired) electrons. The van der Waals surface area contributed by atoms with E-state index in [1.54, 1.807) is 4.90 Å². The SMILES string of the molecule is CCc1ccc([C@@H]2C[C@H](C(F)(F)F)n3ncc(C(=O)N(CC)CC)c3N2)cc1. The van der Waals surface area contributed by atoms with Gasteiger partial charge in [0.25, 0.3) is 5.91 Å². The molecule has 2 heterocycles. The number of aryl methyl sites for hydroxylation is 1. The monoisotopic (exact) mass is 394 g/mol. The lowest BCUT2D eigenvalue weighted by Gasteiger charge is -2.34. The lowest BCUT2D eigenvalue weighted by atomic mass is 9.95. The first-order valence-corrected chi connectivity index (χ1v) is 9.58. The van der Waals surface area contributed by atoms with Crippen molar-refractivity contribution in [1.82, 2.24) is 14.7 Å². The maximum absolute atomic E-state index is 13.7. The van der Waals surface area contributed by atoms with Gasteiger partial charge in [0.2, 0.25) is 0 Å². The minimum absolute atomic E-state index is 0.134. The molecule has 1 amide bonds. The molecule has 0 bridgehead atoms. The predicted octanol–water partition coefficient (Wildman–Crippen LogP) is 4.59. The van der Waals surface area contributed by atoms with E-state index in [1.807, 2.05) is 45.0 Å². The second-order valence-corrected chi connectivity index (χ2v) is 6.91. The molecule has 0 spiro atoms. The standard InChI is InChI=1S/C20H25F3N4O/c1-4-13-7-9-14(10-8-13)16-11-17(20(21,22)23)27-18(25-16)15(12-24-27)19(28)26(5-2)6-3/h7-10,12,16-17,25H,4-6,11H2,1-3H3/t16-,17+/m0/s1. The molecule has 8 heteroatoms. The molecule has 1 aliphatic rings. The van der Waals surface area contributed by atoms with Crippen LogP contribution in [0.4, 0.5) is 19.0 Å². The highest BCUT2D eigenvalue weighted by Crippen LogP contribution is 2.44. The van der Waals surface area contributed by atoms with Crippen LogP contribution in [0.3, 0.4) is 0 Å². The van der Waals surface area contributed by atoms with Crippen LogP contribution in [0.2, 0.25) is 0 Å². The maximum Gasteiger partial charge on any atom is 0.410 e. The number of anilines is 1. The van der Waals surface area contributed by atoms with Crippen molar-refractivity contribution >= 4 is 11.7 Å². The molecule has 0 saturated heterocycles. The number of amides is 1. The van der Waals surface area contributed by atoms with Gasteiger partial charge < -0.3 is 10.2 Å². The van der Waals surface area contributed by atoms with Crippen LogP contribution in [-0.2, 0) is 6.42 Å². The Balaban J connectivity index is 2.01. The summed E-state index contributed by atoms with van der Waals surface area (Å²) in [7, 11) is 0. The van der Waals surface area contributed by atoms with Gasteiger partial charge in [-0.2, -0.15) is 18.3 Å². The molecule has 0 aliphatic carbocycles. The second kappa shape index (κ2) is 7.85. The van der Waals surface area contributed by atoms with Gasteiger partial charge in [0.1, 0.15) is 11.4 Å². The summed E-state index contributed by atoms with van der Waals surface area (Å²) in [5.74, 6) is -0.184. The van der Waals surface area contributed by atoms with E-state index in [0.717, 1.165) is 22.2 Å².